The Hall–Kier alpha value is -3.02. The molecule has 0 N–H and O–H groups in total. The maximum absolute atomic E-state index is 12.9. The second-order valence-electron chi connectivity index (χ2n) is 5.95. The topological polar surface area (TPSA) is 49.8 Å². The van der Waals surface area contributed by atoms with E-state index in [-0.39, 0.29) is 0 Å². The van der Waals surface area contributed by atoms with Crippen LogP contribution in [0.2, 0.25) is 0 Å². The van der Waals surface area contributed by atoms with Crippen molar-refractivity contribution in [1.82, 2.24) is 4.98 Å². The van der Waals surface area contributed by atoms with E-state index in [2.05, 4.69) is 11.1 Å². The van der Waals surface area contributed by atoms with Crippen molar-refractivity contribution in [2.45, 2.75) is 10.5 Å². The average Bonchev–Trinajstić information content (AvgIpc) is 3.33. The molecule has 0 aliphatic carbocycles. The molecule has 2 aromatic heterocycles. The number of fused-ring (bicyclic) bond motifs is 1. The molecule has 0 radical (unpaired) electrons. The number of nitrogens with zero attached hydrogens (tertiary/aromatic N) is 2. The van der Waals surface area contributed by atoms with Gasteiger partial charge in [0.2, 0.25) is 0 Å². The maximum Gasteiger partial charge on any atom is 0.416 e. The monoisotopic (exact) mass is 428 g/mol. The van der Waals surface area contributed by atoms with Gasteiger partial charge in [-0.05, 0) is 48.2 Å². The lowest BCUT2D eigenvalue weighted by Crippen LogP contribution is -2.04. The van der Waals surface area contributed by atoms with Crippen LogP contribution in [0.15, 0.2) is 74.3 Å². The van der Waals surface area contributed by atoms with Gasteiger partial charge in [-0.2, -0.15) is 18.4 Å². The second kappa shape index (κ2) is 7.78. The summed E-state index contributed by atoms with van der Waals surface area (Å²) in [6.45, 7) is 0. The summed E-state index contributed by atoms with van der Waals surface area (Å²) in [4.78, 5) is 4.85. The highest BCUT2D eigenvalue weighted by atomic mass is 32.2. The zero-order valence-corrected chi connectivity index (χ0v) is 16.2. The number of benzene rings is 2. The highest BCUT2D eigenvalue weighted by molar-refractivity contribution is 8.05. The number of furan rings is 1. The van der Waals surface area contributed by atoms with Crippen LogP contribution in [0.3, 0.4) is 0 Å². The van der Waals surface area contributed by atoms with Crippen LogP contribution in [-0.4, -0.2) is 4.98 Å². The van der Waals surface area contributed by atoms with E-state index in [9.17, 15) is 18.4 Å². The number of allylic oxidation sites excluding steroid dienone is 1. The minimum atomic E-state index is -4.42. The summed E-state index contributed by atoms with van der Waals surface area (Å²) in [5, 5.41) is 9.44. The molecule has 2 aromatic carbocycles. The van der Waals surface area contributed by atoms with Crippen LogP contribution < -0.4 is 0 Å². The van der Waals surface area contributed by atoms with Crippen molar-refractivity contribution in [3.8, 4) is 17.4 Å². The van der Waals surface area contributed by atoms with Crippen LogP contribution >= 0.6 is 23.1 Å². The number of thioether (sulfide) groups is 1. The number of rotatable bonds is 4. The lowest BCUT2D eigenvalue weighted by Gasteiger charge is -2.07. The average molecular weight is 428 g/mol. The van der Waals surface area contributed by atoms with Crippen molar-refractivity contribution < 1.29 is 17.6 Å². The van der Waals surface area contributed by atoms with Crippen LogP contribution in [0.4, 0.5) is 13.2 Å². The van der Waals surface area contributed by atoms with Crippen LogP contribution in [-0.2, 0) is 6.18 Å². The van der Waals surface area contributed by atoms with Crippen LogP contribution in [0, 0.1) is 11.3 Å². The fourth-order valence-corrected chi connectivity index (χ4v) is 4.59. The van der Waals surface area contributed by atoms with Crippen molar-refractivity contribution in [2.75, 3.05) is 0 Å². The smallest absolute Gasteiger partial charge is 0.416 e. The van der Waals surface area contributed by atoms with Crippen molar-refractivity contribution >= 4 is 39.4 Å². The number of hydrogen-bond acceptors (Lipinski definition) is 5. The highest BCUT2D eigenvalue weighted by Gasteiger charge is 2.30. The van der Waals surface area contributed by atoms with Gasteiger partial charge in [0.1, 0.15) is 17.6 Å². The molecule has 0 amide bonds. The lowest BCUT2D eigenvalue weighted by molar-refractivity contribution is -0.137. The first-order valence-electron chi connectivity index (χ1n) is 8.35. The summed E-state index contributed by atoms with van der Waals surface area (Å²) in [6.07, 6.45) is -2.87. The molecule has 4 aromatic rings. The van der Waals surface area contributed by atoms with Gasteiger partial charge in [0.15, 0.2) is 4.34 Å². The third-order valence-corrected chi connectivity index (χ3v) is 5.98. The first-order valence-corrected chi connectivity index (χ1v) is 9.98. The predicted octanol–water partition coefficient (Wildman–Crippen LogP) is 7.23. The second-order valence-corrected chi connectivity index (χ2v) is 8.27. The number of alkyl halides is 3. The minimum absolute atomic E-state index is 0.296. The van der Waals surface area contributed by atoms with Crippen molar-refractivity contribution in [3.05, 3.63) is 76.9 Å². The molecule has 0 unspecified atom stereocenters. The Morgan fingerprint density at radius 2 is 1.93 bits per heavy atom. The Labute approximate surface area is 172 Å². The first-order chi connectivity index (χ1) is 13.9. The first kappa shape index (κ1) is 19.3. The molecule has 0 spiro atoms. The lowest BCUT2D eigenvalue weighted by atomic mass is 10.1. The summed E-state index contributed by atoms with van der Waals surface area (Å²) in [5.41, 5.74) is 0.437. The maximum atomic E-state index is 12.9. The van der Waals surface area contributed by atoms with Gasteiger partial charge >= 0.3 is 6.18 Å². The summed E-state index contributed by atoms with van der Waals surface area (Å²) in [6, 6.07) is 17.9. The van der Waals surface area contributed by atoms with Crippen LogP contribution in [0.1, 0.15) is 11.3 Å². The van der Waals surface area contributed by atoms with Gasteiger partial charge in [-0.25, -0.2) is 4.98 Å². The third-order valence-electron chi connectivity index (χ3n) is 3.96. The van der Waals surface area contributed by atoms with E-state index in [1.54, 1.807) is 24.3 Å². The van der Waals surface area contributed by atoms with Gasteiger partial charge in [-0.3, -0.25) is 0 Å². The van der Waals surface area contributed by atoms with E-state index in [0.29, 0.717) is 22.0 Å². The number of nitriles is 1. The number of thiazole rings is 1. The standard InChI is InChI=1S/C21H11F3N2OS2/c22-21(23,24)14-5-3-4-13(10-14)18-9-8-15(27-18)11-16(12-25)28-20-26-17-6-1-2-7-19(17)29-20/h1-11H. The Morgan fingerprint density at radius 1 is 1.10 bits per heavy atom. The van der Waals surface area contributed by atoms with E-state index in [0.717, 1.165) is 26.7 Å². The van der Waals surface area contributed by atoms with Gasteiger partial charge in [0, 0.05) is 11.6 Å². The van der Waals surface area contributed by atoms with E-state index < -0.39 is 11.7 Å². The zero-order chi connectivity index (χ0) is 20.4. The minimum Gasteiger partial charge on any atom is -0.457 e. The largest absolute Gasteiger partial charge is 0.457 e. The Morgan fingerprint density at radius 3 is 2.69 bits per heavy atom. The predicted molar refractivity (Wildman–Crippen MR) is 108 cm³/mol. The molecule has 4 rings (SSSR count). The van der Waals surface area contributed by atoms with Crippen molar-refractivity contribution in [1.29, 1.82) is 5.26 Å². The van der Waals surface area contributed by atoms with Gasteiger partial charge < -0.3 is 4.42 Å². The van der Waals surface area contributed by atoms with Crippen LogP contribution in [0.25, 0.3) is 27.6 Å². The number of para-hydroxylation sites is 1. The van der Waals surface area contributed by atoms with Gasteiger partial charge in [-0.15, -0.1) is 11.3 Å². The summed E-state index contributed by atoms with van der Waals surface area (Å²) in [5.74, 6) is 0.673. The number of halogens is 3. The summed E-state index contributed by atoms with van der Waals surface area (Å²) >= 11 is 2.70. The SMILES string of the molecule is N#CC(=Cc1ccc(-c2cccc(C(F)(F)F)c2)o1)Sc1nc2ccccc2s1. The Balaban J connectivity index is 1.58. The highest BCUT2D eigenvalue weighted by Crippen LogP contribution is 2.36. The quantitative estimate of drug-likeness (QED) is 0.254. The number of hydrogen-bond donors (Lipinski definition) is 0. The fourth-order valence-electron chi connectivity index (χ4n) is 2.64. The molecular weight excluding hydrogens is 417 g/mol. The molecule has 29 heavy (non-hydrogen) atoms. The van der Waals surface area contributed by atoms with Crippen LogP contribution in [0.5, 0.6) is 0 Å². The van der Waals surface area contributed by atoms with E-state index >= 15 is 0 Å². The molecular formula is C21H11F3N2OS2. The number of aromatic nitrogens is 1. The molecule has 144 valence electrons. The van der Waals surface area contributed by atoms with Gasteiger partial charge in [0.25, 0.3) is 0 Å². The molecule has 0 aliphatic heterocycles. The summed E-state index contributed by atoms with van der Waals surface area (Å²) in [7, 11) is 0. The molecule has 0 saturated heterocycles. The van der Waals surface area contributed by atoms with Crippen molar-refractivity contribution in [2.24, 2.45) is 0 Å². The molecule has 8 heteroatoms. The molecule has 0 aliphatic rings. The molecule has 2 heterocycles. The fraction of sp³-hybridized carbons (Fsp3) is 0.0476. The summed E-state index contributed by atoms with van der Waals surface area (Å²) < 4.78 is 46.1. The normalized spacial score (nSPS) is 12.3. The molecule has 0 fully saturated rings. The molecule has 0 bridgehead atoms. The molecule has 0 atom stereocenters. The zero-order valence-electron chi connectivity index (χ0n) is 14.6. The van der Waals surface area contributed by atoms with E-state index in [4.69, 9.17) is 4.42 Å². The molecule has 3 nitrogen and oxygen atoms in total. The Kier molecular flexibility index (Phi) is 5.18. The molecule has 0 saturated carbocycles. The van der Waals surface area contributed by atoms with Crippen molar-refractivity contribution in [3.63, 3.8) is 0 Å². The van der Waals surface area contributed by atoms with E-state index in [1.807, 2.05) is 24.3 Å². The van der Waals surface area contributed by atoms with Gasteiger partial charge in [-0.1, -0.05) is 24.3 Å². The van der Waals surface area contributed by atoms with Gasteiger partial charge in [0.05, 0.1) is 20.7 Å². The van der Waals surface area contributed by atoms with E-state index in [1.165, 1.54) is 29.2 Å². The Bertz CT molecular complexity index is 1220. The third kappa shape index (κ3) is 4.36.